The molecule has 4 heteroatoms. The highest BCUT2D eigenvalue weighted by atomic mass is 32.2. The zero-order chi connectivity index (χ0) is 12.1. The Morgan fingerprint density at radius 1 is 1.24 bits per heavy atom. The van der Waals surface area contributed by atoms with Crippen molar-refractivity contribution in [1.82, 2.24) is 5.32 Å². The van der Waals surface area contributed by atoms with Crippen molar-refractivity contribution in [2.24, 2.45) is 0 Å². The fourth-order valence-electron chi connectivity index (χ4n) is 2.71. The molecule has 2 N–H and O–H groups in total. The molecule has 0 spiro atoms. The molecule has 3 nitrogen and oxygen atoms in total. The molecule has 0 aromatic carbocycles. The molecular weight excluding hydrogens is 234 g/mol. The quantitative estimate of drug-likeness (QED) is 0.761. The molecule has 1 amide bonds. The number of hydrogen-bond donors (Lipinski definition) is 2. The van der Waals surface area contributed by atoms with E-state index >= 15 is 0 Å². The number of carbonyl (C=O) groups is 1. The van der Waals surface area contributed by atoms with Crippen LogP contribution in [0.2, 0.25) is 0 Å². The van der Waals surface area contributed by atoms with Crippen molar-refractivity contribution < 1.29 is 9.90 Å². The maximum Gasteiger partial charge on any atom is 0.233 e. The number of rotatable bonds is 3. The molecule has 1 saturated heterocycles. The van der Waals surface area contributed by atoms with Crippen LogP contribution < -0.4 is 5.32 Å². The van der Waals surface area contributed by atoms with E-state index in [1.165, 1.54) is 12.8 Å². The smallest absolute Gasteiger partial charge is 0.233 e. The Morgan fingerprint density at radius 3 is 2.53 bits per heavy atom. The predicted molar refractivity (Wildman–Crippen MR) is 71.1 cm³/mol. The second kappa shape index (κ2) is 6.10. The highest BCUT2D eigenvalue weighted by molar-refractivity contribution is 8.00. The standard InChI is InChI=1S/C13H23NO2S/c15-12(11-6-5-9-17-11)14-10-13(16)7-3-1-2-4-8-13/h11,16H,1-10H2,(H,14,15). The fourth-order valence-corrected chi connectivity index (χ4v) is 3.90. The Hall–Kier alpha value is -0.220. The number of amides is 1. The monoisotopic (exact) mass is 257 g/mol. The Kier molecular flexibility index (Phi) is 4.74. The number of nitrogens with one attached hydrogen (secondary N) is 1. The van der Waals surface area contributed by atoms with Gasteiger partial charge in [-0.05, 0) is 31.4 Å². The molecule has 0 radical (unpaired) electrons. The second-order valence-electron chi connectivity index (χ2n) is 5.36. The van der Waals surface area contributed by atoms with Crippen LogP contribution in [0.1, 0.15) is 51.4 Å². The van der Waals surface area contributed by atoms with Crippen molar-refractivity contribution in [1.29, 1.82) is 0 Å². The lowest BCUT2D eigenvalue weighted by atomic mass is 9.94. The SMILES string of the molecule is O=C(NCC1(O)CCCCCC1)C1CCCS1. The normalized spacial score (nSPS) is 28.6. The van der Waals surface area contributed by atoms with Crippen molar-refractivity contribution in [3.05, 3.63) is 0 Å². The molecule has 0 aromatic heterocycles. The zero-order valence-electron chi connectivity index (χ0n) is 10.4. The molecule has 0 bridgehead atoms. The van der Waals surface area contributed by atoms with E-state index in [1.54, 1.807) is 11.8 Å². The Balaban J connectivity index is 1.77. The highest BCUT2D eigenvalue weighted by Gasteiger charge is 2.30. The van der Waals surface area contributed by atoms with E-state index in [1.807, 2.05) is 0 Å². The summed E-state index contributed by atoms with van der Waals surface area (Å²) in [7, 11) is 0. The van der Waals surface area contributed by atoms with Gasteiger partial charge in [-0.2, -0.15) is 0 Å². The summed E-state index contributed by atoms with van der Waals surface area (Å²) < 4.78 is 0. The third-order valence-electron chi connectivity index (χ3n) is 3.85. The first-order valence-corrected chi connectivity index (χ1v) is 7.86. The summed E-state index contributed by atoms with van der Waals surface area (Å²) in [5, 5.41) is 13.5. The molecule has 1 unspecified atom stereocenters. The lowest BCUT2D eigenvalue weighted by Gasteiger charge is -2.27. The van der Waals surface area contributed by atoms with Crippen LogP contribution in [0.25, 0.3) is 0 Å². The highest BCUT2D eigenvalue weighted by Crippen LogP contribution is 2.28. The largest absolute Gasteiger partial charge is 0.388 e. The molecule has 17 heavy (non-hydrogen) atoms. The van der Waals surface area contributed by atoms with Crippen LogP contribution in [0, 0.1) is 0 Å². The Morgan fingerprint density at radius 2 is 1.94 bits per heavy atom. The third-order valence-corrected chi connectivity index (χ3v) is 5.22. The summed E-state index contributed by atoms with van der Waals surface area (Å²) in [5.74, 6) is 1.23. The van der Waals surface area contributed by atoms with Gasteiger partial charge in [0.15, 0.2) is 0 Å². The van der Waals surface area contributed by atoms with Crippen molar-refractivity contribution in [2.45, 2.75) is 62.2 Å². The van der Waals surface area contributed by atoms with E-state index in [0.29, 0.717) is 6.54 Å². The summed E-state index contributed by atoms with van der Waals surface area (Å²) in [4.78, 5) is 11.9. The molecule has 1 saturated carbocycles. The number of aliphatic hydroxyl groups is 1. The summed E-state index contributed by atoms with van der Waals surface area (Å²) in [6.45, 7) is 0.447. The van der Waals surface area contributed by atoms with Gasteiger partial charge < -0.3 is 10.4 Å². The fraction of sp³-hybridized carbons (Fsp3) is 0.923. The predicted octanol–water partition coefficient (Wildman–Crippen LogP) is 2.08. The van der Waals surface area contributed by atoms with Crippen LogP contribution in [0.5, 0.6) is 0 Å². The van der Waals surface area contributed by atoms with Gasteiger partial charge in [0.25, 0.3) is 0 Å². The van der Waals surface area contributed by atoms with Crippen LogP contribution >= 0.6 is 11.8 Å². The molecule has 2 aliphatic rings. The minimum Gasteiger partial charge on any atom is -0.388 e. The van der Waals surface area contributed by atoms with Crippen LogP contribution in [-0.4, -0.2) is 34.2 Å². The molecule has 1 aliphatic heterocycles. The van der Waals surface area contributed by atoms with Gasteiger partial charge in [0, 0.05) is 6.54 Å². The zero-order valence-corrected chi connectivity index (χ0v) is 11.2. The van der Waals surface area contributed by atoms with E-state index in [2.05, 4.69) is 5.32 Å². The maximum absolute atomic E-state index is 11.9. The van der Waals surface area contributed by atoms with Gasteiger partial charge in [0.05, 0.1) is 10.9 Å². The molecule has 0 aromatic rings. The molecule has 98 valence electrons. The summed E-state index contributed by atoms with van der Waals surface area (Å²) in [6.07, 6.45) is 8.43. The molecule has 2 rings (SSSR count). The Bertz CT molecular complexity index is 256. The van der Waals surface area contributed by atoms with E-state index < -0.39 is 5.60 Å². The van der Waals surface area contributed by atoms with E-state index in [4.69, 9.17) is 0 Å². The van der Waals surface area contributed by atoms with Gasteiger partial charge in [0.1, 0.15) is 0 Å². The van der Waals surface area contributed by atoms with Crippen molar-refractivity contribution in [3.63, 3.8) is 0 Å². The summed E-state index contributed by atoms with van der Waals surface area (Å²) in [5.41, 5.74) is -0.643. The van der Waals surface area contributed by atoms with Gasteiger partial charge in [-0.3, -0.25) is 4.79 Å². The minimum absolute atomic E-state index is 0.129. The van der Waals surface area contributed by atoms with E-state index in [-0.39, 0.29) is 11.2 Å². The first-order valence-electron chi connectivity index (χ1n) is 6.81. The third kappa shape index (κ3) is 3.88. The van der Waals surface area contributed by atoms with Gasteiger partial charge in [-0.25, -0.2) is 0 Å². The average molecular weight is 257 g/mol. The van der Waals surface area contributed by atoms with Crippen molar-refractivity contribution in [2.75, 3.05) is 12.3 Å². The van der Waals surface area contributed by atoms with E-state index in [9.17, 15) is 9.90 Å². The number of hydrogen-bond acceptors (Lipinski definition) is 3. The first-order chi connectivity index (χ1) is 8.20. The van der Waals surface area contributed by atoms with Gasteiger partial charge in [0.2, 0.25) is 5.91 Å². The maximum atomic E-state index is 11.9. The molecule has 1 aliphatic carbocycles. The minimum atomic E-state index is -0.643. The molecule has 1 atom stereocenters. The number of thioether (sulfide) groups is 1. The number of carbonyl (C=O) groups excluding carboxylic acids is 1. The lowest BCUT2D eigenvalue weighted by molar-refractivity contribution is -0.122. The van der Waals surface area contributed by atoms with Crippen LogP contribution in [0.4, 0.5) is 0 Å². The van der Waals surface area contributed by atoms with Crippen molar-refractivity contribution >= 4 is 17.7 Å². The van der Waals surface area contributed by atoms with Crippen LogP contribution in [0.3, 0.4) is 0 Å². The van der Waals surface area contributed by atoms with Gasteiger partial charge >= 0.3 is 0 Å². The van der Waals surface area contributed by atoms with Crippen LogP contribution in [0.15, 0.2) is 0 Å². The molecule has 1 heterocycles. The van der Waals surface area contributed by atoms with E-state index in [0.717, 1.165) is 44.3 Å². The summed E-state index contributed by atoms with van der Waals surface area (Å²) in [6, 6.07) is 0. The Labute approximate surface area is 108 Å². The van der Waals surface area contributed by atoms with Crippen molar-refractivity contribution in [3.8, 4) is 0 Å². The van der Waals surface area contributed by atoms with Crippen LogP contribution in [-0.2, 0) is 4.79 Å². The second-order valence-corrected chi connectivity index (χ2v) is 6.67. The lowest BCUT2D eigenvalue weighted by Crippen LogP contribution is -2.44. The molecule has 2 fully saturated rings. The van der Waals surface area contributed by atoms with Gasteiger partial charge in [-0.1, -0.05) is 25.7 Å². The topological polar surface area (TPSA) is 49.3 Å². The summed E-state index contributed by atoms with van der Waals surface area (Å²) >= 11 is 1.75. The van der Waals surface area contributed by atoms with Gasteiger partial charge in [-0.15, -0.1) is 11.8 Å². The average Bonchev–Trinajstić information content (AvgIpc) is 2.77. The molecular formula is C13H23NO2S. The first kappa shape index (κ1) is 13.2.